The van der Waals surface area contributed by atoms with Crippen molar-refractivity contribution < 1.29 is 14.3 Å². The molecule has 0 radical (unpaired) electrons. The van der Waals surface area contributed by atoms with Gasteiger partial charge >= 0.3 is 0 Å². The highest BCUT2D eigenvalue weighted by Gasteiger charge is 2.13. The molecule has 0 unspecified atom stereocenters. The third-order valence-corrected chi connectivity index (χ3v) is 4.37. The van der Waals surface area contributed by atoms with E-state index in [0.29, 0.717) is 41.9 Å². The first-order valence-corrected chi connectivity index (χ1v) is 9.74. The molecule has 0 spiro atoms. The molecule has 0 aliphatic heterocycles. The minimum atomic E-state index is -0.445. The van der Waals surface area contributed by atoms with E-state index in [0.717, 1.165) is 11.1 Å². The minimum Gasteiger partial charge on any atom is -0.490 e. The van der Waals surface area contributed by atoms with Gasteiger partial charge in [-0.3, -0.25) is 4.79 Å². The number of nitrogens with one attached hydrogen (secondary N) is 1. The maximum atomic E-state index is 12.6. The molecule has 152 valence electrons. The maximum absolute atomic E-state index is 12.6. The summed E-state index contributed by atoms with van der Waals surface area (Å²) in [6.45, 7) is 11.0. The minimum absolute atomic E-state index is 0.0178. The van der Waals surface area contributed by atoms with E-state index in [4.69, 9.17) is 9.47 Å². The summed E-state index contributed by atoms with van der Waals surface area (Å²) in [5.74, 6) is 1.19. The summed E-state index contributed by atoms with van der Waals surface area (Å²) in [7, 11) is 0. The number of rotatable bonds is 8. The van der Waals surface area contributed by atoms with Gasteiger partial charge in [0.25, 0.3) is 5.91 Å². The molecule has 0 heterocycles. The molecule has 2 aromatic carbocycles. The number of aryl methyl sites for hydroxylation is 1. The number of anilines is 1. The van der Waals surface area contributed by atoms with E-state index in [2.05, 4.69) is 19.2 Å². The Hall–Kier alpha value is -3.26. The van der Waals surface area contributed by atoms with Crippen molar-refractivity contribution in [2.75, 3.05) is 18.5 Å². The summed E-state index contributed by atoms with van der Waals surface area (Å²) in [6.07, 6.45) is 1.55. The fraction of sp³-hybridized carbons (Fsp3) is 0.333. The summed E-state index contributed by atoms with van der Waals surface area (Å²) >= 11 is 0. The maximum Gasteiger partial charge on any atom is 0.266 e. The molecule has 5 heteroatoms. The van der Waals surface area contributed by atoms with Gasteiger partial charge in [-0.2, -0.15) is 5.26 Å². The highest BCUT2D eigenvalue weighted by atomic mass is 16.5. The van der Waals surface area contributed by atoms with Crippen molar-refractivity contribution in [2.45, 2.75) is 34.6 Å². The van der Waals surface area contributed by atoms with E-state index in [1.165, 1.54) is 0 Å². The van der Waals surface area contributed by atoms with Gasteiger partial charge in [-0.05, 0) is 67.7 Å². The molecule has 5 nitrogen and oxygen atoms in total. The SMILES string of the molecule is CCOc1cc(/C=C(\C#N)C(=O)Nc2cccc(C)c2C)ccc1OCC(C)C. The lowest BCUT2D eigenvalue weighted by Crippen LogP contribution is -2.14. The van der Waals surface area contributed by atoms with Crippen LogP contribution in [0.15, 0.2) is 42.0 Å². The van der Waals surface area contributed by atoms with Gasteiger partial charge in [0.2, 0.25) is 0 Å². The number of ether oxygens (including phenoxy) is 2. The average molecular weight is 392 g/mol. The van der Waals surface area contributed by atoms with Crippen LogP contribution in [0.3, 0.4) is 0 Å². The van der Waals surface area contributed by atoms with Crippen LogP contribution in [0.4, 0.5) is 5.69 Å². The van der Waals surface area contributed by atoms with Gasteiger partial charge in [-0.15, -0.1) is 0 Å². The number of nitriles is 1. The highest BCUT2D eigenvalue weighted by molar-refractivity contribution is 6.10. The van der Waals surface area contributed by atoms with Crippen molar-refractivity contribution in [3.05, 3.63) is 58.7 Å². The van der Waals surface area contributed by atoms with Crippen LogP contribution in [-0.4, -0.2) is 19.1 Å². The predicted molar refractivity (Wildman–Crippen MR) is 116 cm³/mol. The zero-order chi connectivity index (χ0) is 21.4. The largest absolute Gasteiger partial charge is 0.490 e. The van der Waals surface area contributed by atoms with Crippen LogP contribution in [0, 0.1) is 31.1 Å². The molecule has 2 rings (SSSR count). The highest BCUT2D eigenvalue weighted by Crippen LogP contribution is 2.30. The Morgan fingerprint density at radius 2 is 1.93 bits per heavy atom. The van der Waals surface area contributed by atoms with Crippen LogP contribution in [0.25, 0.3) is 6.08 Å². The second kappa shape index (κ2) is 10.3. The molecule has 0 bridgehead atoms. The fourth-order valence-corrected chi connectivity index (χ4v) is 2.65. The smallest absolute Gasteiger partial charge is 0.266 e. The lowest BCUT2D eigenvalue weighted by Gasteiger charge is -2.14. The summed E-state index contributed by atoms with van der Waals surface area (Å²) in [5, 5.41) is 12.3. The molecule has 1 N–H and O–H groups in total. The number of benzene rings is 2. The van der Waals surface area contributed by atoms with E-state index >= 15 is 0 Å². The van der Waals surface area contributed by atoms with Gasteiger partial charge in [0.1, 0.15) is 11.6 Å². The number of nitrogens with zero attached hydrogens (tertiary/aromatic N) is 1. The van der Waals surface area contributed by atoms with Crippen molar-refractivity contribution in [3.63, 3.8) is 0 Å². The van der Waals surface area contributed by atoms with E-state index in [-0.39, 0.29) is 5.57 Å². The van der Waals surface area contributed by atoms with Crippen molar-refractivity contribution in [2.24, 2.45) is 5.92 Å². The summed E-state index contributed by atoms with van der Waals surface area (Å²) in [4.78, 5) is 12.6. The van der Waals surface area contributed by atoms with Crippen LogP contribution >= 0.6 is 0 Å². The zero-order valence-electron chi connectivity index (χ0n) is 17.7. The number of carbonyl (C=O) groups is 1. The fourth-order valence-electron chi connectivity index (χ4n) is 2.65. The molecule has 0 aliphatic carbocycles. The Morgan fingerprint density at radius 1 is 1.17 bits per heavy atom. The first-order chi connectivity index (χ1) is 13.8. The lowest BCUT2D eigenvalue weighted by atomic mass is 10.1. The molecule has 29 heavy (non-hydrogen) atoms. The monoisotopic (exact) mass is 392 g/mol. The third-order valence-electron chi connectivity index (χ3n) is 4.37. The Morgan fingerprint density at radius 3 is 2.59 bits per heavy atom. The molecule has 0 aromatic heterocycles. The Labute approximate surface area is 173 Å². The van der Waals surface area contributed by atoms with Crippen LogP contribution in [0.2, 0.25) is 0 Å². The lowest BCUT2D eigenvalue weighted by molar-refractivity contribution is -0.112. The quantitative estimate of drug-likeness (QED) is 0.490. The topological polar surface area (TPSA) is 71.3 Å². The normalized spacial score (nSPS) is 11.1. The standard InChI is InChI=1S/C24H28N2O3/c1-6-28-23-13-19(10-11-22(23)29-15-16(2)3)12-20(14-25)24(27)26-21-9-7-8-17(4)18(21)5/h7-13,16H,6,15H2,1-5H3,(H,26,27)/b20-12+. The molecule has 0 fully saturated rings. The van der Waals surface area contributed by atoms with E-state index in [1.54, 1.807) is 24.3 Å². The summed E-state index contributed by atoms with van der Waals surface area (Å²) in [5.41, 5.74) is 3.46. The van der Waals surface area contributed by atoms with E-state index in [9.17, 15) is 10.1 Å². The van der Waals surface area contributed by atoms with Crippen LogP contribution in [0.1, 0.15) is 37.5 Å². The third kappa shape index (κ3) is 6.11. The van der Waals surface area contributed by atoms with Crippen LogP contribution < -0.4 is 14.8 Å². The predicted octanol–water partition coefficient (Wildman–Crippen LogP) is 5.28. The molecular formula is C24H28N2O3. The molecule has 0 aliphatic rings. The average Bonchev–Trinajstić information content (AvgIpc) is 2.69. The number of hydrogen-bond donors (Lipinski definition) is 1. The van der Waals surface area contributed by atoms with Gasteiger partial charge in [-0.25, -0.2) is 0 Å². The second-order valence-electron chi connectivity index (χ2n) is 7.22. The Kier molecular flexibility index (Phi) is 7.85. The van der Waals surface area contributed by atoms with Crippen molar-refractivity contribution in [3.8, 4) is 17.6 Å². The van der Waals surface area contributed by atoms with Crippen molar-refractivity contribution >= 4 is 17.7 Å². The zero-order valence-corrected chi connectivity index (χ0v) is 17.7. The number of amides is 1. The van der Waals surface area contributed by atoms with E-state index in [1.807, 2.05) is 45.0 Å². The molecule has 0 saturated carbocycles. The van der Waals surface area contributed by atoms with Gasteiger partial charge in [0, 0.05) is 5.69 Å². The number of carbonyl (C=O) groups excluding carboxylic acids is 1. The molecule has 0 saturated heterocycles. The van der Waals surface area contributed by atoms with Gasteiger partial charge in [0.05, 0.1) is 13.2 Å². The van der Waals surface area contributed by atoms with Gasteiger partial charge in [0.15, 0.2) is 11.5 Å². The van der Waals surface area contributed by atoms with Crippen LogP contribution in [0.5, 0.6) is 11.5 Å². The first kappa shape index (κ1) is 22.0. The number of hydrogen-bond acceptors (Lipinski definition) is 4. The molecular weight excluding hydrogens is 364 g/mol. The van der Waals surface area contributed by atoms with E-state index < -0.39 is 5.91 Å². The Bertz CT molecular complexity index is 940. The van der Waals surface area contributed by atoms with Crippen molar-refractivity contribution in [1.82, 2.24) is 0 Å². The van der Waals surface area contributed by atoms with Gasteiger partial charge < -0.3 is 14.8 Å². The van der Waals surface area contributed by atoms with Crippen LogP contribution in [-0.2, 0) is 4.79 Å². The Balaban J connectivity index is 2.27. The summed E-state index contributed by atoms with van der Waals surface area (Å²) in [6, 6.07) is 13.0. The molecule has 1 amide bonds. The molecule has 0 atom stereocenters. The van der Waals surface area contributed by atoms with Gasteiger partial charge in [-0.1, -0.05) is 32.0 Å². The van der Waals surface area contributed by atoms with Crippen molar-refractivity contribution in [1.29, 1.82) is 5.26 Å². The molecule has 2 aromatic rings. The summed E-state index contributed by atoms with van der Waals surface area (Å²) < 4.78 is 11.5. The second-order valence-corrected chi connectivity index (χ2v) is 7.22. The first-order valence-electron chi connectivity index (χ1n) is 9.74.